The lowest BCUT2D eigenvalue weighted by molar-refractivity contribution is -0.122. The third kappa shape index (κ3) is 5.15. The molecule has 1 atom stereocenters. The summed E-state index contributed by atoms with van der Waals surface area (Å²) in [7, 11) is 0. The highest BCUT2D eigenvalue weighted by Gasteiger charge is 2.37. The molecule has 0 N–H and O–H groups in total. The lowest BCUT2D eigenvalue weighted by Crippen LogP contribution is -2.42. The number of carbonyl (C=O) groups is 2. The van der Waals surface area contributed by atoms with Crippen LogP contribution in [0.15, 0.2) is 35.7 Å². The number of hydrogen-bond acceptors (Lipinski definition) is 5. The first-order chi connectivity index (χ1) is 13.7. The Kier molecular flexibility index (Phi) is 6.27. The SMILES string of the molecule is CC(C)N(C(=O)C1CCN(C(=O)OC(C)(C)C)C1)c1nc(-c2ccccc2)cs1. The van der Waals surface area contributed by atoms with Crippen molar-refractivity contribution in [3.05, 3.63) is 35.7 Å². The maximum absolute atomic E-state index is 13.3. The molecule has 0 radical (unpaired) electrons. The molecule has 0 saturated carbocycles. The Morgan fingerprint density at radius 2 is 1.93 bits per heavy atom. The summed E-state index contributed by atoms with van der Waals surface area (Å²) in [5.41, 5.74) is 1.35. The van der Waals surface area contributed by atoms with Crippen LogP contribution in [0.2, 0.25) is 0 Å². The number of rotatable bonds is 4. The van der Waals surface area contributed by atoms with Gasteiger partial charge >= 0.3 is 6.09 Å². The molecule has 1 fully saturated rings. The summed E-state index contributed by atoms with van der Waals surface area (Å²) < 4.78 is 5.45. The van der Waals surface area contributed by atoms with Crippen LogP contribution in [0.25, 0.3) is 11.3 Å². The van der Waals surface area contributed by atoms with Gasteiger partial charge in [-0.05, 0) is 41.0 Å². The number of likely N-dealkylation sites (tertiary alicyclic amines) is 1. The Morgan fingerprint density at radius 1 is 1.24 bits per heavy atom. The smallest absolute Gasteiger partial charge is 0.410 e. The molecule has 7 heteroatoms. The van der Waals surface area contributed by atoms with Gasteiger partial charge in [0, 0.05) is 30.1 Å². The zero-order valence-electron chi connectivity index (χ0n) is 17.7. The van der Waals surface area contributed by atoms with E-state index in [1.54, 1.807) is 9.80 Å². The summed E-state index contributed by atoms with van der Waals surface area (Å²) in [6.45, 7) is 10.4. The largest absolute Gasteiger partial charge is 0.444 e. The Hall–Kier alpha value is -2.41. The number of hydrogen-bond donors (Lipinski definition) is 0. The van der Waals surface area contributed by atoms with E-state index in [-0.39, 0.29) is 24.0 Å². The van der Waals surface area contributed by atoms with Gasteiger partial charge in [-0.25, -0.2) is 9.78 Å². The molecular formula is C22H29N3O3S. The molecule has 156 valence electrons. The summed E-state index contributed by atoms with van der Waals surface area (Å²) in [6, 6.07) is 9.92. The van der Waals surface area contributed by atoms with E-state index in [1.165, 1.54) is 11.3 Å². The van der Waals surface area contributed by atoms with E-state index in [4.69, 9.17) is 9.72 Å². The van der Waals surface area contributed by atoms with Crippen molar-refractivity contribution in [2.45, 2.75) is 52.7 Å². The summed E-state index contributed by atoms with van der Waals surface area (Å²) in [5.74, 6) is -0.228. The van der Waals surface area contributed by atoms with E-state index in [2.05, 4.69) is 0 Å². The topological polar surface area (TPSA) is 62.7 Å². The maximum atomic E-state index is 13.3. The van der Waals surface area contributed by atoms with Crippen LogP contribution in [0.1, 0.15) is 41.0 Å². The number of aromatic nitrogens is 1. The quantitative estimate of drug-likeness (QED) is 0.719. The second-order valence-corrected chi connectivity index (χ2v) is 9.43. The molecule has 1 unspecified atom stereocenters. The molecule has 0 bridgehead atoms. The Labute approximate surface area is 176 Å². The van der Waals surface area contributed by atoms with Crippen LogP contribution in [0, 0.1) is 5.92 Å². The number of nitrogens with zero attached hydrogens (tertiary/aromatic N) is 3. The van der Waals surface area contributed by atoms with Crippen molar-refractivity contribution in [2.24, 2.45) is 5.92 Å². The highest BCUT2D eigenvalue weighted by atomic mass is 32.1. The Bertz CT molecular complexity index is 858. The van der Waals surface area contributed by atoms with E-state index in [1.807, 2.05) is 70.3 Å². The van der Waals surface area contributed by atoms with Gasteiger partial charge in [0.05, 0.1) is 11.6 Å². The molecule has 6 nitrogen and oxygen atoms in total. The van der Waals surface area contributed by atoms with Gasteiger partial charge in [-0.3, -0.25) is 9.69 Å². The van der Waals surface area contributed by atoms with Gasteiger partial charge in [0.1, 0.15) is 5.60 Å². The van der Waals surface area contributed by atoms with Gasteiger partial charge in [0.2, 0.25) is 5.91 Å². The second-order valence-electron chi connectivity index (χ2n) is 8.60. The van der Waals surface area contributed by atoms with Gasteiger partial charge in [0.15, 0.2) is 5.13 Å². The lowest BCUT2D eigenvalue weighted by atomic mass is 10.1. The van der Waals surface area contributed by atoms with Crippen molar-refractivity contribution < 1.29 is 14.3 Å². The summed E-state index contributed by atoms with van der Waals surface area (Å²) in [5, 5.41) is 2.68. The third-order valence-corrected chi connectivity index (χ3v) is 5.55. The van der Waals surface area contributed by atoms with Gasteiger partial charge in [-0.1, -0.05) is 30.3 Å². The van der Waals surface area contributed by atoms with Crippen molar-refractivity contribution in [3.63, 3.8) is 0 Å². The van der Waals surface area contributed by atoms with E-state index < -0.39 is 5.60 Å². The van der Waals surface area contributed by atoms with Crippen molar-refractivity contribution >= 4 is 28.5 Å². The number of carbonyl (C=O) groups excluding carboxylic acids is 2. The lowest BCUT2D eigenvalue weighted by Gasteiger charge is -2.27. The Balaban J connectivity index is 1.73. The second kappa shape index (κ2) is 8.53. The minimum Gasteiger partial charge on any atom is -0.444 e. The number of thiazole rings is 1. The molecule has 1 aliphatic rings. The fourth-order valence-corrected chi connectivity index (χ4v) is 4.31. The molecule has 1 aliphatic heterocycles. The monoisotopic (exact) mass is 415 g/mol. The molecular weight excluding hydrogens is 386 g/mol. The molecule has 3 rings (SSSR count). The molecule has 0 spiro atoms. The summed E-state index contributed by atoms with van der Waals surface area (Å²) in [6.07, 6.45) is 0.280. The van der Waals surface area contributed by atoms with Crippen LogP contribution in [0.5, 0.6) is 0 Å². The molecule has 2 amide bonds. The van der Waals surface area contributed by atoms with E-state index >= 15 is 0 Å². The molecule has 1 aromatic heterocycles. The van der Waals surface area contributed by atoms with Crippen LogP contribution >= 0.6 is 11.3 Å². The zero-order valence-corrected chi connectivity index (χ0v) is 18.5. The van der Waals surface area contributed by atoms with Gasteiger partial charge in [-0.2, -0.15) is 0 Å². The fraction of sp³-hybridized carbons (Fsp3) is 0.500. The first-order valence-corrected chi connectivity index (χ1v) is 10.9. The van der Waals surface area contributed by atoms with Crippen LogP contribution in [0.3, 0.4) is 0 Å². The maximum Gasteiger partial charge on any atom is 0.410 e. The molecule has 0 aliphatic carbocycles. The van der Waals surface area contributed by atoms with Gasteiger partial charge in [0.25, 0.3) is 0 Å². The van der Waals surface area contributed by atoms with Crippen molar-refractivity contribution in [3.8, 4) is 11.3 Å². The van der Waals surface area contributed by atoms with E-state index in [0.29, 0.717) is 24.6 Å². The highest BCUT2D eigenvalue weighted by Crippen LogP contribution is 2.31. The molecule has 1 saturated heterocycles. The minimum atomic E-state index is -0.544. The zero-order chi connectivity index (χ0) is 21.2. The number of ether oxygens (including phenoxy) is 1. The minimum absolute atomic E-state index is 0.0139. The van der Waals surface area contributed by atoms with Crippen LogP contribution in [0.4, 0.5) is 9.93 Å². The van der Waals surface area contributed by atoms with Crippen molar-refractivity contribution in [1.82, 2.24) is 9.88 Å². The van der Waals surface area contributed by atoms with Crippen LogP contribution in [-0.4, -0.2) is 46.6 Å². The van der Waals surface area contributed by atoms with Crippen LogP contribution < -0.4 is 4.90 Å². The molecule has 29 heavy (non-hydrogen) atoms. The number of amides is 2. The number of anilines is 1. The van der Waals surface area contributed by atoms with Crippen LogP contribution in [-0.2, 0) is 9.53 Å². The Morgan fingerprint density at radius 3 is 2.55 bits per heavy atom. The van der Waals surface area contributed by atoms with Gasteiger partial charge < -0.3 is 9.64 Å². The first-order valence-electron chi connectivity index (χ1n) is 9.97. The summed E-state index contributed by atoms with van der Waals surface area (Å²) in [4.78, 5) is 33.7. The van der Waals surface area contributed by atoms with Crippen molar-refractivity contribution in [2.75, 3.05) is 18.0 Å². The van der Waals surface area contributed by atoms with Gasteiger partial charge in [-0.15, -0.1) is 11.3 Å². The fourth-order valence-electron chi connectivity index (χ4n) is 3.34. The summed E-state index contributed by atoms with van der Waals surface area (Å²) >= 11 is 1.47. The van der Waals surface area contributed by atoms with E-state index in [0.717, 1.165) is 11.3 Å². The van der Waals surface area contributed by atoms with E-state index in [9.17, 15) is 9.59 Å². The predicted octanol–water partition coefficient (Wildman–Crippen LogP) is 4.81. The highest BCUT2D eigenvalue weighted by molar-refractivity contribution is 7.14. The van der Waals surface area contributed by atoms with Crippen molar-refractivity contribution in [1.29, 1.82) is 0 Å². The molecule has 1 aromatic carbocycles. The standard InChI is InChI=1S/C22H29N3O3S/c1-15(2)25(20-23-18(14-29-20)16-9-7-6-8-10-16)19(26)17-11-12-24(13-17)21(27)28-22(3,4)5/h6-10,14-15,17H,11-13H2,1-5H3. The number of benzene rings is 1. The average Bonchev–Trinajstić information content (AvgIpc) is 3.31. The molecule has 2 heterocycles. The normalized spacial score (nSPS) is 16.9. The average molecular weight is 416 g/mol. The molecule has 2 aromatic rings. The first kappa shape index (κ1) is 21.3. The predicted molar refractivity (Wildman–Crippen MR) is 116 cm³/mol. The third-order valence-electron chi connectivity index (χ3n) is 4.71.